The molecule has 0 saturated carbocycles. The van der Waals surface area contributed by atoms with E-state index in [9.17, 15) is 0 Å². The van der Waals surface area contributed by atoms with Crippen LogP contribution in [-0.4, -0.2) is 12.1 Å². The maximum absolute atomic E-state index is 3.61. The van der Waals surface area contributed by atoms with Crippen LogP contribution in [0.2, 0.25) is 0 Å². The van der Waals surface area contributed by atoms with Crippen molar-refractivity contribution in [1.82, 2.24) is 5.32 Å². The quantitative estimate of drug-likeness (QED) is 0.796. The van der Waals surface area contributed by atoms with Crippen molar-refractivity contribution in [2.75, 3.05) is 6.54 Å². The van der Waals surface area contributed by atoms with Crippen LogP contribution in [0.5, 0.6) is 0 Å². The fraction of sp³-hybridized carbons (Fsp3) is 0.571. The first-order valence-corrected chi connectivity index (χ1v) is 6.05. The van der Waals surface area contributed by atoms with Crippen LogP contribution in [0.25, 0.3) is 0 Å². The molecule has 0 aliphatic carbocycles. The second-order valence-electron chi connectivity index (χ2n) is 4.94. The van der Waals surface area contributed by atoms with Crippen molar-refractivity contribution in [2.45, 2.75) is 45.1 Å². The van der Waals surface area contributed by atoms with Crippen LogP contribution in [0.1, 0.15) is 37.8 Å². The zero-order chi connectivity index (χ0) is 10.7. The van der Waals surface area contributed by atoms with E-state index in [0.717, 1.165) is 12.8 Å². The van der Waals surface area contributed by atoms with E-state index in [4.69, 9.17) is 0 Å². The van der Waals surface area contributed by atoms with Gasteiger partial charge in [-0.05, 0) is 50.3 Å². The summed E-state index contributed by atoms with van der Waals surface area (Å²) in [5.41, 5.74) is 3.24. The lowest BCUT2D eigenvalue weighted by Gasteiger charge is -2.24. The third kappa shape index (κ3) is 2.60. The fourth-order valence-electron chi connectivity index (χ4n) is 2.45. The molecule has 1 fully saturated rings. The minimum absolute atomic E-state index is 0.341. The largest absolute Gasteiger partial charge is 0.311 e. The summed E-state index contributed by atoms with van der Waals surface area (Å²) in [5, 5.41) is 3.61. The first-order chi connectivity index (χ1) is 7.22. The van der Waals surface area contributed by atoms with Gasteiger partial charge in [0.2, 0.25) is 0 Å². The summed E-state index contributed by atoms with van der Waals surface area (Å²) < 4.78 is 0. The van der Waals surface area contributed by atoms with Gasteiger partial charge in [-0.1, -0.05) is 31.2 Å². The van der Waals surface area contributed by atoms with E-state index >= 15 is 0 Å². The number of hydrogen-bond acceptors (Lipinski definition) is 1. The maximum atomic E-state index is 3.61. The second kappa shape index (κ2) is 4.36. The monoisotopic (exact) mass is 203 g/mol. The summed E-state index contributed by atoms with van der Waals surface area (Å²) in [6.45, 7) is 5.73. The Morgan fingerprint density at radius 3 is 2.40 bits per heavy atom. The molecule has 1 N–H and O–H groups in total. The lowest BCUT2D eigenvalue weighted by molar-refractivity contribution is 0.412. The molecule has 0 bridgehead atoms. The van der Waals surface area contributed by atoms with E-state index in [1.807, 2.05) is 0 Å². The lowest BCUT2D eigenvalue weighted by atomic mass is 9.91. The first-order valence-electron chi connectivity index (χ1n) is 6.05. The van der Waals surface area contributed by atoms with Crippen LogP contribution in [0.3, 0.4) is 0 Å². The van der Waals surface area contributed by atoms with Crippen LogP contribution in [0.4, 0.5) is 0 Å². The predicted molar refractivity (Wildman–Crippen MR) is 65.2 cm³/mol. The first kappa shape index (κ1) is 10.7. The third-order valence-electron chi connectivity index (χ3n) is 3.48. The highest BCUT2D eigenvalue weighted by Crippen LogP contribution is 2.23. The van der Waals surface area contributed by atoms with E-state index < -0.39 is 0 Å². The Hall–Kier alpha value is -0.820. The van der Waals surface area contributed by atoms with Gasteiger partial charge in [0.25, 0.3) is 0 Å². The van der Waals surface area contributed by atoms with E-state index in [1.165, 1.54) is 30.5 Å². The van der Waals surface area contributed by atoms with Crippen molar-refractivity contribution in [3.8, 4) is 0 Å². The van der Waals surface area contributed by atoms with E-state index in [2.05, 4.69) is 43.4 Å². The Kier molecular flexibility index (Phi) is 3.11. The normalized spacial score (nSPS) is 25.7. The minimum atomic E-state index is 0.341. The summed E-state index contributed by atoms with van der Waals surface area (Å²) >= 11 is 0. The molecule has 1 aliphatic rings. The number of nitrogens with one attached hydrogen (secondary N) is 1. The average Bonchev–Trinajstić information content (AvgIpc) is 2.66. The topological polar surface area (TPSA) is 12.0 Å². The zero-order valence-electron chi connectivity index (χ0n) is 9.84. The molecule has 82 valence electrons. The van der Waals surface area contributed by atoms with Crippen molar-refractivity contribution in [1.29, 1.82) is 0 Å². The van der Waals surface area contributed by atoms with Crippen LogP contribution >= 0.6 is 0 Å². The SMILES string of the molecule is CCc1ccc(CC2(C)CCCN2)cc1. The highest BCUT2D eigenvalue weighted by Gasteiger charge is 2.27. The van der Waals surface area contributed by atoms with Gasteiger partial charge in [0.15, 0.2) is 0 Å². The van der Waals surface area contributed by atoms with Gasteiger partial charge >= 0.3 is 0 Å². The molecular weight excluding hydrogens is 182 g/mol. The van der Waals surface area contributed by atoms with Crippen molar-refractivity contribution in [3.63, 3.8) is 0 Å². The highest BCUT2D eigenvalue weighted by molar-refractivity contribution is 5.24. The van der Waals surface area contributed by atoms with Crippen LogP contribution < -0.4 is 5.32 Å². The van der Waals surface area contributed by atoms with Crippen molar-refractivity contribution in [3.05, 3.63) is 35.4 Å². The van der Waals surface area contributed by atoms with E-state index in [-0.39, 0.29) is 0 Å². The molecule has 0 radical (unpaired) electrons. The summed E-state index contributed by atoms with van der Waals surface area (Å²) in [4.78, 5) is 0. The molecule has 0 aromatic heterocycles. The lowest BCUT2D eigenvalue weighted by Crippen LogP contribution is -2.38. The third-order valence-corrected chi connectivity index (χ3v) is 3.48. The number of benzene rings is 1. The molecule has 1 aromatic carbocycles. The van der Waals surface area contributed by atoms with Gasteiger partial charge in [-0.25, -0.2) is 0 Å². The summed E-state index contributed by atoms with van der Waals surface area (Å²) in [6, 6.07) is 9.08. The molecular formula is C14H21N. The van der Waals surface area contributed by atoms with Crippen molar-refractivity contribution in [2.24, 2.45) is 0 Å². The molecule has 1 aliphatic heterocycles. The Morgan fingerprint density at radius 1 is 1.20 bits per heavy atom. The molecule has 1 saturated heterocycles. The van der Waals surface area contributed by atoms with Gasteiger partial charge in [0.05, 0.1) is 0 Å². The molecule has 1 atom stereocenters. The summed E-state index contributed by atoms with van der Waals surface area (Å²) in [6.07, 6.45) is 4.93. The fourth-order valence-corrected chi connectivity index (χ4v) is 2.45. The molecule has 15 heavy (non-hydrogen) atoms. The van der Waals surface area contributed by atoms with Crippen LogP contribution in [0.15, 0.2) is 24.3 Å². The van der Waals surface area contributed by atoms with Gasteiger partial charge in [0, 0.05) is 5.54 Å². The average molecular weight is 203 g/mol. The predicted octanol–water partition coefficient (Wildman–Crippen LogP) is 2.93. The Morgan fingerprint density at radius 2 is 1.87 bits per heavy atom. The Labute approximate surface area is 92.9 Å². The van der Waals surface area contributed by atoms with Gasteiger partial charge in [0.1, 0.15) is 0 Å². The molecule has 1 nitrogen and oxygen atoms in total. The summed E-state index contributed by atoms with van der Waals surface area (Å²) in [7, 11) is 0. The molecule has 0 spiro atoms. The molecule has 2 rings (SSSR count). The number of aryl methyl sites for hydroxylation is 1. The smallest absolute Gasteiger partial charge is 0.0194 e. The molecule has 1 heteroatoms. The molecule has 0 amide bonds. The summed E-state index contributed by atoms with van der Waals surface area (Å²) in [5.74, 6) is 0. The standard InChI is InChI=1S/C14H21N/c1-3-12-5-7-13(8-6-12)11-14(2)9-4-10-15-14/h5-8,15H,3-4,9-11H2,1-2H3. The number of rotatable bonds is 3. The van der Waals surface area contributed by atoms with Crippen molar-refractivity contribution >= 4 is 0 Å². The van der Waals surface area contributed by atoms with Gasteiger partial charge in [-0.3, -0.25) is 0 Å². The highest BCUT2D eigenvalue weighted by atomic mass is 15.0. The second-order valence-corrected chi connectivity index (χ2v) is 4.94. The minimum Gasteiger partial charge on any atom is -0.311 e. The number of hydrogen-bond donors (Lipinski definition) is 1. The molecule has 1 aromatic rings. The Balaban J connectivity index is 2.04. The maximum Gasteiger partial charge on any atom is 0.0194 e. The Bertz CT molecular complexity index is 307. The van der Waals surface area contributed by atoms with Crippen molar-refractivity contribution < 1.29 is 0 Å². The zero-order valence-corrected chi connectivity index (χ0v) is 9.84. The van der Waals surface area contributed by atoms with Gasteiger partial charge < -0.3 is 5.32 Å². The van der Waals surface area contributed by atoms with Crippen LogP contribution in [0, 0.1) is 0 Å². The van der Waals surface area contributed by atoms with E-state index in [0.29, 0.717) is 5.54 Å². The van der Waals surface area contributed by atoms with Crippen LogP contribution in [-0.2, 0) is 12.8 Å². The van der Waals surface area contributed by atoms with E-state index in [1.54, 1.807) is 0 Å². The molecule has 1 heterocycles. The van der Waals surface area contributed by atoms with Gasteiger partial charge in [-0.2, -0.15) is 0 Å². The molecule has 1 unspecified atom stereocenters. The van der Waals surface area contributed by atoms with Gasteiger partial charge in [-0.15, -0.1) is 0 Å².